The Labute approximate surface area is 130 Å². The van der Waals surface area contributed by atoms with Crippen molar-refractivity contribution in [3.05, 3.63) is 23.8 Å². The molecule has 0 radical (unpaired) electrons. The van der Waals surface area contributed by atoms with Crippen molar-refractivity contribution in [1.29, 1.82) is 0 Å². The number of hydrogen-bond acceptors (Lipinski definition) is 2. The van der Waals surface area contributed by atoms with Crippen LogP contribution in [0.25, 0.3) is 0 Å². The summed E-state index contributed by atoms with van der Waals surface area (Å²) in [4.78, 5) is 12.4. The number of carbonyl (C=O) groups is 1. The molecule has 0 amide bonds. The van der Waals surface area contributed by atoms with E-state index in [-0.39, 0.29) is 11.9 Å². The topological polar surface area (TPSA) is 26.3 Å². The van der Waals surface area contributed by atoms with Crippen LogP contribution in [0.2, 0.25) is 19.6 Å². The van der Waals surface area contributed by atoms with Gasteiger partial charge < -0.3 is 4.43 Å². The predicted octanol–water partition coefficient (Wildman–Crippen LogP) is 4.94. The van der Waals surface area contributed by atoms with Crippen molar-refractivity contribution in [3.63, 3.8) is 0 Å². The Bertz CT molecular complexity index is 458. The lowest BCUT2D eigenvalue weighted by Gasteiger charge is -2.44. The quantitative estimate of drug-likeness (QED) is 0.419. The SMILES string of the molecule is C=C(C(=O)O[Si](C)(C)C)[C@@H]1CC[C@@H](C)[C@@H]2CCC(C)=C[C@@H]21. The van der Waals surface area contributed by atoms with Crippen molar-refractivity contribution in [2.24, 2.45) is 23.7 Å². The van der Waals surface area contributed by atoms with Gasteiger partial charge in [-0.2, -0.15) is 0 Å². The summed E-state index contributed by atoms with van der Waals surface area (Å²) in [6, 6.07) is 0. The summed E-state index contributed by atoms with van der Waals surface area (Å²) in [7, 11) is -1.84. The molecule has 1 fully saturated rings. The molecule has 2 rings (SSSR count). The van der Waals surface area contributed by atoms with Gasteiger partial charge in [-0.15, -0.1) is 0 Å². The summed E-state index contributed by atoms with van der Waals surface area (Å²) in [5.41, 5.74) is 2.19. The van der Waals surface area contributed by atoms with E-state index in [0.29, 0.717) is 17.4 Å². The van der Waals surface area contributed by atoms with Gasteiger partial charge in [0, 0.05) is 5.57 Å². The molecule has 21 heavy (non-hydrogen) atoms. The van der Waals surface area contributed by atoms with Gasteiger partial charge in [0.15, 0.2) is 0 Å². The van der Waals surface area contributed by atoms with Gasteiger partial charge in [-0.3, -0.25) is 0 Å². The zero-order valence-electron chi connectivity index (χ0n) is 14.2. The Morgan fingerprint density at radius 2 is 1.95 bits per heavy atom. The molecular formula is C18H30O2Si. The molecule has 0 saturated heterocycles. The monoisotopic (exact) mass is 306 g/mol. The Balaban J connectivity index is 2.16. The van der Waals surface area contributed by atoms with Crippen LogP contribution in [0.3, 0.4) is 0 Å². The van der Waals surface area contributed by atoms with E-state index in [9.17, 15) is 4.79 Å². The minimum Gasteiger partial charge on any atom is -0.517 e. The zero-order valence-corrected chi connectivity index (χ0v) is 15.2. The Kier molecular flexibility index (Phi) is 4.81. The van der Waals surface area contributed by atoms with Gasteiger partial charge >= 0.3 is 5.97 Å². The summed E-state index contributed by atoms with van der Waals surface area (Å²) in [5, 5.41) is 0. The number of fused-ring (bicyclic) bond motifs is 1. The number of rotatable bonds is 3. The van der Waals surface area contributed by atoms with Crippen LogP contribution in [0.15, 0.2) is 23.8 Å². The Morgan fingerprint density at radius 1 is 1.29 bits per heavy atom. The third-order valence-corrected chi connectivity index (χ3v) is 5.88. The Hall–Kier alpha value is -0.833. The lowest BCUT2D eigenvalue weighted by Crippen LogP contribution is -2.38. The number of allylic oxidation sites excluding steroid dienone is 2. The summed E-state index contributed by atoms with van der Waals surface area (Å²) < 4.78 is 5.67. The van der Waals surface area contributed by atoms with E-state index < -0.39 is 8.32 Å². The van der Waals surface area contributed by atoms with Crippen LogP contribution in [0, 0.1) is 23.7 Å². The second kappa shape index (κ2) is 6.11. The molecular weight excluding hydrogens is 276 g/mol. The van der Waals surface area contributed by atoms with Crippen molar-refractivity contribution in [2.45, 2.75) is 59.2 Å². The summed E-state index contributed by atoms with van der Waals surface area (Å²) in [6.45, 7) is 14.9. The van der Waals surface area contributed by atoms with Gasteiger partial charge in [0.25, 0.3) is 0 Å². The molecule has 2 aliphatic carbocycles. The number of hydrogen-bond donors (Lipinski definition) is 0. The molecule has 0 heterocycles. The van der Waals surface area contributed by atoms with E-state index in [2.05, 4.69) is 46.1 Å². The summed E-state index contributed by atoms with van der Waals surface area (Å²) >= 11 is 0. The fourth-order valence-electron chi connectivity index (χ4n) is 3.95. The molecule has 0 aliphatic heterocycles. The van der Waals surface area contributed by atoms with Gasteiger partial charge in [0.05, 0.1) is 0 Å². The first-order valence-electron chi connectivity index (χ1n) is 8.28. The number of carbonyl (C=O) groups excluding carboxylic acids is 1. The fourth-order valence-corrected chi connectivity index (χ4v) is 4.64. The highest BCUT2D eigenvalue weighted by Gasteiger charge is 2.40. The smallest absolute Gasteiger partial charge is 0.320 e. The van der Waals surface area contributed by atoms with Crippen LogP contribution >= 0.6 is 0 Å². The van der Waals surface area contributed by atoms with Crippen LogP contribution < -0.4 is 0 Å². The van der Waals surface area contributed by atoms with E-state index in [0.717, 1.165) is 12.3 Å². The normalized spacial score (nSPS) is 32.9. The van der Waals surface area contributed by atoms with Crippen LogP contribution in [-0.4, -0.2) is 14.3 Å². The molecule has 0 aromatic carbocycles. The third kappa shape index (κ3) is 3.88. The standard InChI is InChI=1S/C18H30O2Si/c1-12-7-9-15-13(2)8-10-16(17(15)11-12)14(3)18(19)20-21(4,5)6/h11,13,15-17H,3,7-10H2,1-2,4-6H3/t13-,15+,16+,17+/m1/s1. The molecule has 2 nitrogen and oxygen atoms in total. The summed E-state index contributed by atoms with van der Waals surface area (Å²) in [5.74, 6) is 2.10. The first-order valence-corrected chi connectivity index (χ1v) is 11.7. The average Bonchev–Trinajstić information content (AvgIpc) is 2.36. The first kappa shape index (κ1) is 16.5. The molecule has 0 bridgehead atoms. The molecule has 2 aliphatic rings. The fraction of sp³-hybridized carbons (Fsp3) is 0.722. The second-order valence-corrected chi connectivity index (χ2v) is 12.4. The van der Waals surface area contributed by atoms with Crippen molar-refractivity contribution in [1.82, 2.24) is 0 Å². The van der Waals surface area contributed by atoms with E-state index in [1.807, 2.05) is 0 Å². The van der Waals surface area contributed by atoms with Crippen LogP contribution in [0.1, 0.15) is 39.5 Å². The minimum atomic E-state index is -1.84. The highest BCUT2D eigenvalue weighted by molar-refractivity contribution is 6.71. The Morgan fingerprint density at radius 3 is 2.57 bits per heavy atom. The molecule has 118 valence electrons. The molecule has 0 N–H and O–H groups in total. The van der Waals surface area contributed by atoms with Crippen LogP contribution in [0.5, 0.6) is 0 Å². The molecule has 0 aromatic heterocycles. The van der Waals surface area contributed by atoms with Gasteiger partial charge in [0.1, 0.15) is 0 Å². The predicted molar refractivity (Wildman–Crippen MR) is 90.4 cm³/mol. The second-order valence-electron chi connectivity index (χ2n) is 7.98. The molecule has 0 unspecified atom stereocenters. The lowest BCUT2D eigenvalue weighted by atomic mass is 9.61. The molecule has 1 saturated carbocycles. The molecule has 0 spiro atoms. The van der Waals surface area contributed by atoms with Gasteiger partial charge in [-0.1, -0.05) is 25.2 Å². The maximum atomic E-state index is 12.4. The largest absolute Gasteiger partial charge is 0.517 e. The van der Waals surface area contributed by atoms with E-state index >= 15 is 0 Å². The minimum absolute atomic E-state index is 0.149. The molecule has 4 atom stereocenters. The average molecular weight is 307 g/mol. The molecule has 0 aromatic rings. The highest BCUT2D eigenvalue weighted by atomic mass is 28.4. The molecule has 3 heteroatoms. The van der Waals surface area contributed by atoms with Crippen LogP contribution in [-0.2, 0) is 9.22 Å². The van der Waals surface area contributed by atoms with Crippen molar-refractivity contribution in [3.8, 4) is 0 Å². The van der Waals surface area contributed by atoms with Gasteiger partial charge in [-0.25, -0.2) is 4.79 Å². The summed E-state index contributed by atoms with van der Waals surface area (Å²) in [6.07, 6.45) is 7.18. The van der Waals surface area contributed by atoms with Gasteiger partial charge in [0.2, 0.25) is 8.32 Å². The van der Waals surface area contributed by atoms with Gasteiger partial charge in [-0.05, 0) is 75.9 Å². The first-order chi connectivity index (χ1) is 9.69. The zero-order chi connectivity index (χ0) is 15.8. The van der Waals surface area contributed by atoms with Crippen molar-refractivity contribution >= 4 is 14.3 Å². The van der Waals surface area contributed by atoms with Crippen molar-refractivity contribution in [2.75, 3.05) is 0 Å². The lowest BCUT2D eigenvalue weighted by molar-refractivity contribution is -0.131. The maximum Gasteiger partial charge on any atom is 0.320 e. The highest BCUT2D eigenvalue weighted by Crippen LogP contribution is 2.47. The van der Waals surface area contributed by atoms with Crippen molar-refractivity contribution < 1.29 is 9.22 Å². The van der Waals surface area contributed by atoms with E-state index in [1.54, 1.807) is 0 Å². The van der Waals surface area contributed by atoms with Crippen LogP contribution in [0.4, 0.5) is 0 Å². The van der Waals surface area contributed by atoms with E-state index in [1.165, 1.54) is 24.8 Å². The third-order valence-electron chi connectivity index (χ3n) is 5.08. The van der Waals surface area contributed by atoms with E-state index in [4.69, 9.17) is 4.43 Å². The maximum absolute atomic E-state index is 12.4.